The number of fused-ring (bicyclic) bond motifs is 1. The van der Waals surface area contributed by atoms with Crippen molar-refractivity contribution in [2.75, 3.05) is 32.7 Å². The fourth-order valence-electron chi connectivity index (χ4n) is 3.46. The second kappa shape index (κ2) is 7.60. The van der Waals surface area contributed by atoms with Crippen LogP contribution in [0.3, 0.4) is 0 Å². The summed E-state index contributed by atoms with van der Waals surface area (Å²) < 4.78 is 40.7. The monoisotopic (exact) mass is 431 g/mol. The summed E-state index contributed by atoms with van der Waals surface area (Å²) in [5.74, 6) is -0.0600. The van der Waals surface area contributed by atoms with Crippen LogP contribution in [0, 0.1) is 6.92 Å². The van der Waals surface area contributed by atoms with Crippen LogP contribution in [0.5, 0.6) is 0 Å². The van der Waals surface area contributed by atoms with Crippen molar-refractivity contribution in [2.45, 2.75) is 26.1 Å². The number of carbonyl (C=O) groups is 1. The smallest absolute Gasteiger partial charge is 0.340 e. The summed E-state index contributed by atoms with van der Waals surface area (Å²) in [5, 5.41) is 1.05. The molecule has 1 aliphatic heterocycles. The number of alkyl halides is 3. The van der Waals surface area contributed by atoms with Gasteiger partial charge < -0.3 is 9.47 Å². The van der Waals surface area contributed by atoms with Crippen LogP contribution in [0.1, 0.15) is 12.1 Å². The van der Waals surface area contributed by atoms with Gasteiger partial charge in [0.05, 0.1) is 6.54 Å². The molecule has 1 saturated heterocycles. The van der Waals surface area contributed by atoms with Gasteiger partial charge in [-0.05, 0) is 35.3 Å². The van der Waals surface area contributed by atoms with Crippen molar-refractivity contribution < 1.29 is 18.0 Å². The minimum Gasteiger partial charge on any atom is -0.340 e. The molecule has 0 radical (unpaired) electrons. The molecule has 142 valence electrons. The first-order valence-electron chi connectivity index (χ1n) is 8.56. The molecule has 0 atom stereocenters. The Morgan fingerprint density at radius 3 is 2.62 bits per heavy atom. The Hall–Kier alpha value is -1.54. The van der Waals surface area contributed by atoms with Gasteiger partial charge in [-0.3, -0.25) is 9.69 Å². The van der Waals surface area contributed by atoms with Crippen molar-refractivity contribution in [3.05, 3.63) is 34.4 Å². The van der Waals surface area contributed by atoms with Crippen LogP contribution in [0.2, 0.25) is 0 Å². The van der Waals surface area contributed by atoms with E-state index in [-0.39, 0.29) is 19.0 Å². The molecule has 0 bridgehead atoms. The van der Waals surface area contributed by atoms with E-state index in [0.29, 0.717) is 26.1 Å². The lowest BCUT2D eigenvalue weighted by atomic mass is 10.2. The number of carbonyl (C=O) groups excluding carboxylic acids is 1. The van der Waals surface area contributed by atoms with Gasteiger partial charge in [0.15, 0.2) is 0 Å². The van der Waals surface area contributed by atoms with Gasteiger partial charge in [-0.2, -0.15) is 13.2 Å². The van der Waals surface area contributed by atoms with E-state index in [0.717, 1.165) is 21.1 Å². The van der Waals surface area contributed by atoms with E-state index in [1.54, 1.807) is 4.90 Å². The number of nitrogens with zero attached hydrogens (tertiary/aromatic N) is 3. The quantitative estimate of drug-likeness (QED) is 0.738. The largest absolute Gasteiger partial charge is 0.401 e. The lowest BCUT2D eigenvalue weighted by molar-refractivity contribution is -0.145. The highest BCUT2D eigenvalue weighted by Gasteiger charge is 2.32. The van der Waals surface area contributed by atoms with Crippen molar-refractivity contribution in [3.63, 3.8) is 0 Å². The van der Waals surface area contributed by atoms with Crippen molar-refractivity contribution >= 4 is 32.7 Å². The maximum atomic E-state index is 12.8. The summed E-state index contributed by atoms with van der Waals surface area (Å²) in [6, 6.07) is 7.83. The molecule has 1 aromatic heterocycles. The van der Waals surface area contributed by atoms with Crippen LogP contribution in [0.4, 0.5) is 13.2 Å². The molecule has 4 nitrogen and oxygen atoms in total. The van der Waals surface area contributed by atoms with E-state index in [2.05, 4.69) is 15.9 Å². The number of halogens is 4. The normalized spacial score (nSPS) is 16.9. The molecule has 1 fully saturated rings. The fourth-order valence-corrected chi connectivity index (χ4v) is 4.01. The van der Waals surface area contributed by atoms with Crippen LogP contribution in [-0.2, 0) is 11.3 Å². The second-order valence-electron chi connectivity index (χ2n) is 6.63. The summed E-state index contributed by atoms with van der Waals surface area (Å²) in [6.45, 7) is 2.66. The van der Waals surface area contributed by atoms with Crippen molar-refractivity contribution in [1.82, 2.24) is 14.4 Å². The van der Waals surface area contributed by atoms with Crippen molar-refractivity contribution in [1.29, 1.82) is 0 Å². The van der Waals surface area contributed by atoms with Gasteiger partial charge in [-0.15, -0.1) is 0 Å². The van der Waals surface area contributed by atoms with E-state index < -0.39 is 12.7 Å². The Morgan fingerprint density at radius 2 is 1.88 bits per heavy atom. The molecule has 1 aromatic carbocycles. The number of para-hydroxylation sites is 1. The highest BCUT2D eigenvalue weighted by molar-refractivity contribution is 9.10. The highest BCUT2D eigenvalue weighted by Crippen LogP contribution is 2.30. The molecule has 3 rings (SSSR count). The van der Waals surface area contributed by atoms with Gasteiger partial charge in [0, 0.05) is 47.2 Å². The zero-order chi connectivity index (χ0) is 18.9. The third kappa shape index (κ3) is 4.23. The third-order valence-corrected chi connectivity index (χ3v) is 5.79. The van der Waals surface area contributed by atoms with Gasteiger partial charge in [0.1, 0.15) is 6.54 Å². The van der Waals surface area contributed by atoms with Gasteiger partial charge >= 0.3 is 6.18 Å². The molecule has 0 aliphatic carbocycles. The first kappa shape index (κ1) is 19.2. The van der Waals surface area contributed by atoms with Crippen LogP contribution in [0.15, 0.2) is 28.7 Å². The molecular formula is C18H21BrF3N3O. The van der Waals surface area contributed by atoms with Crippen LogP contribution < -0.4 is 0 Å². The Labute approximate surface area is 158 Å². The number of hydrogen-bond acceptors (Lipinski definition) is 2. The van der Waals surface area contributed by atoms with E-state index in [1.165, 1.54) is 4.90 Å². The SMILES string of the molecule is Cc1c(Br)c2ccccc2n1CC(=O)N1CCCN(CC(F)(F)F)CC1. The minimum absolute atomic E-state index is 0.0600. The zero-order valence-electron chi connectivity index (χ0n) is 14.5. The maximum absolute atomic E-state index is 12.8. The van der Waals surface area contributed by atoms with Crippen molar-refractivity contribution in [3.8, 4) is 0 Å². The molecule has 1 amide bonds. The molecule has 2 heterocycles. The fraction of sp³-hybridized carbons (Fsp3) is 0.500. The predicted octanol–water partition coefficient (Wildman–Crippen LogP) is 3.81. The average molecular weight is 432 g/mol. The third-order valence-electron chi connectivity index (χ3n) is 4.79. The standard InChI is InChI=1S/C18H21BrF3N3O/c1-13-17(19)14-5-2-3-6-15(14)25(13)11-16(26)24-8-4-7-23(9-10-24)12-18(20,21)22/h2-3,5-6H,4,7-12H2,1H3. The first-order valence-corrected chi connectivity index (χ1v) is 9.36. The summed E-state index contributed by atoms with van der Waals surface area (Å²) in [6.07, 6.45) is -3.65. The minimum atomic E-state index is -4.20. The highest BCUT2D eigenvalue weighted by atomic mass is 79.9. The van der Waals surface area contributed by atoms with Gasteiger partial charge in [-0.1, -0.05) is 18.2 Å². The molecular weight excluding hydrogens is 411 g/mol. The predicted molar refractivity (Wildman–Crippen MR) is 98.1 cm³/mol. The van der Waals surface area contributed by atoms with Crippen molar-refractivity contribution in [2.24, 2.45) is 0 Å². The number of rotatable bonds is 3. The Kier molecular flexibility index (Phi) is 5.62. The van der Waals surface area contributed by atoms with Gasteiger partial charge in [-0.25, -0.2) is 0 Å². The number of benzene rings is 1. The van der Waals surface area contributed by atoms with E-state index in [1.807, 2.05) is 35.8 Å². The molecule has 0 saturated carbocycles. The topological polar surface area (TPSA) is 28.5 Å². The van der Waals surface area contributed by atoms with Gasteiger partial charge in [0.25, 0.3) is 0 Å². The number of aromatic nitrogens is 1. The van der Waals surface area contributed by atoms with Crippen LogP contribution >= 0.6 is 15.9 Å². The molecule has 0 spiro atoms. The molecule has 0 N–H and O–H groups in total. The molecule has 1 aliphatic rings. The first-order chi connectivity index (χ1) is 12.3. The van der Waals surface area contributed by atoms with Gasteiger partial charge in [0.2, 0.25) is 5.91 Å². The average Bonchev–Trinajstić information content (AvgIpc) is 2.74. The summed E-state index contributed by atoms with van der Waals surface area (Å²) in [7, 11) is 0. The Morgan fingerprint density at radius 1 is 1.15 bits per heavy atom. The van der Waals surface area contributed by atoms with E-state index in [9.17, 15) is 18.0 Å². The maximum Gasteiger partial charge on any atom is 0.401 e. The molecule has 2 aromatic rings. The van der Waals surface area contributed by atoms with E-state index >= 15 is 0 Å². The van der Waals surface area contributed by atoms with Crippen LogP contribution in [0.25, 0.3) is 10.9 Å². The van der Waals surface area contributed by atoms with Crippen LogP contribution in [-0.4, -0.2) is 59.2 Å². The Balaban J connectivity index is 1.70. The number of amides is 1. The van der Waals surface area contributed by atoms with E-state index in [4.69, 9.17) is 0 Å². The molecule has 0 unspecified atom stereocenters. The lowest BCUT2D eigenvalue weighted by Crippen LogP contribution is -2.39. The number of hydrogen-bond donors (Lipinski definition) is 0. The summed E-state index contributed by atoms with van der Waals surface area (Å²) in [5.41, 5.74) is 1.94. The zero-order valence-corrected chi connectivity index (χ0v) is 16.1. The molecule has 26 heavy (non-hydrogen) atoms. The lowest BCUT2D eigenvalue weighted by Gasteiger charge is -2.23. The second-order valence-corrected chi connectivity index (χ2v) is 7.42. The molecule has 8 heteroatoms. The summed E-state index contributed by atoms with van der Waals surface area (Å²) >= 11 is 3.58. The Bertz CT molecular complexity index is 803. The summed E-state index contributed by atoms with van der Waals surface area (Å²) in [4.78, 5) is 15.8.